The van der Waals surface area contributed by atoms with Crippen LogP contribution in [0.4, 0.5) is 4.39 Å². The number of aryl methyl sites for hydroxylation is 3. The van der Waals surface area contributed by atoms with E-state index in [0.717, 1.165) is 49.2 Å². The smallest absolute Gasteiger partial charge is 0.263 e. The first-order valence-electron chi connectivity index (χ1n) is 11.0. The summed E-state index contributed by atoms with van der Waals surface area (Å²) in [5.41, 5.74) is 1.82. The van der Waals surface area contributed by atoms with Crippen molar-refractivity contribution < 1.29 is 9.18 Å². The number of ketones is 1. The maximum atomic E-state index is 13.7. The first kappa shape index (κ1) is 21.8. The fourth-order valence-electron chi connectivity index (χ4n) is 4.26. The van der Waals surface area contributed by atoms with Gasteiger partial charge in [-0.25, -0.2) is 9.37 Å². The molecule has 3 aromatic rings. The number of carbonyl (C=O) groups is 1. The van der Waals surface area contributed by atoms with Gasteiger partial charge in [-0.15, -0.1) is 11.3 Å². The van der Waals surface area contributed by atoms with Gasteiger partial charge in [0.1, 0.15) is 16.5 Å². The summed E-state index contributed by atoms with van der Waals surface area (Å²) in [5, 5.41) is 0.686. The third-order valence-corrected chi connectivity index (χ3v) is 7.38. The molecule has 0 radical (unpaired) electrons. The highest BCUT2D eigenvalue weighted by atomic mass is 32.1. The Bertz CT molecular complexity index is 1190. The first-order valence-corrected chi connectivity index (χ1v) is 11.8. The molecule has 0 spiro atoms. The van der Waals surface area contributed by atoms with Gasteiger partial charge in [0.05, 0.1) is 18.5 Å². The molecule has 0 bridgehead atoms. The SMILES string of the molecule is CCN(CC)Cc1nc2sc3c(c2c(=O)n1CC(=O)c1ccc(F)c(C)c1)CCCC3. The number of hydrogen-bond donors (Lipinski definition) is 0. The zero-order chi connectivity index (χ0) is 22.1. The lowest BCUT2D eigenvalue weighted by molar-refractivity contribution is 0.0968. The summed E-state index contributed by atoms with van der Waals surface area (Å²) in [5.74, 6) is 0.0622. The van der Waals surface area contributed by atoms with Crippen molar-refractivity contribution in [3.8, 4) is 0 Å². The summed E-state index contributed by atoms with van der Waals surface area (Å²) in [6.07, 6.45) is 4.11. The quantitative estimate of drug-likeness (QED) is 0.506. The van der Waals surface area contributed by atoms with E-state index in [0.29, 0.717) is 28.9 Å². The standard InChI is InChI=1S/C24H28FN3O2S/c1-4-27(5-2)14-21-26-23-22(17-8-6-7-9-20(17)31-23)24(30)28(21)13-19(29)16-10-11-18(25)15(3)12-16/h10-12H,4-9,13-14H2,1-3H3. The van der Waals surface area contributed by atoms with Crippen LogP contribution in [0.15, 0.2) is 23.0 Å². The van der Waals surface area contributed by atoms with Gasteiger partial charge in [-0.1, -0.05) is 13.8 Å². The van der Waals surface area contributed by atoms with Crippen LogP contribution in [-0.2, 0) is 25.9 Å². The van der Waals surface area contributed by atoms with Gasteiger partial charge in [0.25, 0.3) is 5.56 Å². The van der Waals surface area contributed by atoms with Crippen molar-refractivity contribution in [2.45, 2.75) is 59.5 Å². The lowest BCUT2D eigenvalue weighted by Gasteiger charge is -2.20. The van der Waals surface area contributed by atoms with Crippen LogP contribution in [0.2, 0.25) is 0 Å². The summed E-state index contributed by atoms with van der Waals surface area (Å²) in [6, 6.07) is 4.34. The van der Waals surface area contributed by atoms with E-state index in [9.17, 15) is 14.0 Å². The molecule has 2 aromatic heterocycles. The number of fused-ring (bicyclic) bond motifs is 3. The highest BCUT2D eigenvalue weighted by Crippen LogP contribution is 2.34. The van der Waals surface area contributed by atoms with Crippen LogP contribution in [0.3, 0.4) is 0 Å². The van der Waals surface area contributed by atoms with Crippen molar-refractivity contribution in [3.63, 3.8) is 0 Å². The summed E-state index contributed by atoms with van der Waals surface area (Å²) in [7, 11) is 0. The van der Waals surface area contributed by atoms with Crippen LogP contribution < -0.4 is 5.56 Å². The Morgan fingerprint density at radius 3 is 2.68 bits per heavy atom. The van der Waals surface area contributed by atoms with Crippen LogP contribution >= 0.6 is 11.3 Å². The summed E-state index contributed by atoms with van der Waals surface area (Å²) >= 11 is 1.63. The predicted octanol–water partition coefficient (Wildman–Crippen LogP) is 4.51. The molecule has 0 amide bonds. The minimum Gasteiger partial charge on any atom is -0.297 e. The molecular weight excluding hydrogens is 413 g/mol. The second kappa shape index (κ2) is 9.01. The number of carbonyl (C=O) groups excluding carboxylic acids is 1. The van der Waals surface area contributed by atoms with Crippen molar-refractivity contribution in [2.75, 3.05) is 13.1 Å². The van der Waals surface area contributed by atoms with Crippen LogP contribution in [0, 0.1) is 12.7 Å². The van der Waals surface area contributed by atoms with Gasteiger partial charge in [-0.05, 0) is 75.0 Å². The molecule has 0 N–H and O–H groups in total. The molecule has 1 aliphatic carbocycles. The van der Waals surface area contributed by atoms with Crippen molar-refractivity contribution in [1.82, 2.24) is 14.5 Å². The summed E-state index contributed by atoms with van der Waals surface area (Å²) < 4.78 is 15.2. The Hall–Kier alpha value is -2.38. The van der Waals surface area contributed by atoms with E-state index in [2.05, 4.69) is 18.7 Å². The molecule has 4 rings (SSSR count). The minimum atomic E-state index is -0.344. The molecule has 1 aliphatic rings. The first-order chi connectivity index (χ1) is 14.9. The minimum absolute atomic E-state index is 0.0892. The lowest BCUT2D eigenvalue weighted by atomic mass is 9.97. The number of aromatic nitrogens is 2. The van der Waals surface area contributed by atoms with Gasteiger partial charge in [-0.2, -0.15) is 0 Å². The zero-order valence-electron chi connectivity index (χ0n) is 18.3. The van der Waals surface area contributed by atoms with E-state index in [1.165, 1.54) is 17.0 Å². The summed E-state index contributed by atoms with van der Waals surface area (Å²) in [4.78, 5) is 35.8. The van der Waals surface area contributed by atoms with Gasteiger partial charge >= 0.3 is 0 Å². The monoisotopic (exact) mass is 441 g/mol. The lowest BCUT2D eigenvalue weighted by Crippen LogP contribution is -2.33. The molecule has 0 saturated heterocycles. The Morgan fingerprint density at radius 1 is 1.23 bits per heavy atom. The van der Waals surface area contributed by atoms with Gasteiger partial charge in [0, 0.05) is 10.4 Å². The van der Waals surface area contributed by atoms with E-state index >= 15 is 0 Å². The number of thiophene rings is 1. The van der Waals surface area contributed by atoms with Crippen LogP contribution in [0.1, 0.15) is 58.9 Å². The fourth-order valence-corrected chi connectivity index (χ4v) is 5.54. The average molecular weight is 442 g/mol. The van der Waals surface area contributed by atoms with E-state index < -0.39 is 0 Å². The number of benzene rings is 1. The maximum absolute atomic E-state index is 13.7. The summed E-state index contributed by atoms with van der Waals surface area (Å²) in [6.45, 7) is 7.86. The second-order valence-electron chi connectivity index (χ2n) is 8.16. The van der Waals surface area contributed by atoms with Gasteiger partial charge < -0.3 is 0 Å². The van der Waals surface area contributed by atoms with Crippen LogP contribution in [0.5, 0.6) is 0 Å². The number of Topliss-reactive ketones (excluding diaryl/α,β-unsaturated/α-hetero) is 1. The third-order valence-electron chi connectivity index (χ3n) is 6.20. The van der Waals surface area contributed by atoms with E-state index in [-0.39, 0.29) is 23.7 Å². The maximum Gasteiger partial charge on any atom is 0.263 e. The second-order valence-corrected chi connectivity index (χ2v) is 9.24. The van der Waals surface area contributed by atoms with Gasteiger partial charge in [-0.3, -0.25) is 19.1 Å². The van der Waals surface area contributed by atoms with Crippen molar-refractivity contribution in [1.29, 1.82) is 0 Å². The molecule has 0 aliphatic heterocycles. The average Bonchev–Trinajstić information content (AvgIpc) is 3.14. The Morgan fingerprint density at radius 2 is 1.97 bits per heavy atom. The van der Waals surface area contributed by atoms with E-state index in [1.807, 2.05) is 0 Å². The molecule has 2 heterocycles. The number of rotatable bonds is 7. The molecule has 0 fully saturated rings. The molecule has 1 aromatic carbocycles. The van der Waals surface area contributed by atoms with Crippen molar-refractivity contribution in [2.24, 2.45) is 0 Å². The molecule has 0 unspecified atom stereocenters. The van der Waals surface area contributed by atoms with Crippen molar-refractivity contribution in [3.05, 3.63) is 61.8 Å². The highest BCUT2D eigenvalue weighted by molar-refractivity contribution is 7.18. The Labute approximate surface area is 185 Å². The molecule has 7 heteroatoms. The van der Waals surface area contributed by atoms with Gasteiger partial charge in [0.15, 0.2) is 5.78 Å². The Balaban J connectivity index is 1.82. The number of hydrogen-bond acceptors (Lipinski definition) is 5. The van der Waals surface area contributed by atoms with Crippen LogP contribution in [-0.4, -0.2) is 33.3 Å². The van der Waals surface area contributed by atoms with Gasteiger partial charge in [0.2, 0.25) is 0 Å². The molecule has 31 heavy (non-hydrogen) atoms. The fraction of sp³-hybridized carbons (Fsp3) is 0.458. The van der Waals surface area contributed by atoms with Crippen LogP contribution in [0.25, 0.3) is 10.2 Å². The highest BCUT2D eigenvalue weighted by Gasteiger charge is 2.23. The predicted molar refractivity (Wildman–Crippen MR) is 123 cm³/mol. The van der Waals surface area contributed by atoms with Crippen molar-refractivity contribution >= 4 is 27.3 Å². The normalized spacial score (nSPS) is 13.7. The molecule has 0 saturated carbocycles. The number of halogens is 1. The molecular formula is C24H28FN3O2S. The van der Waals surface area contributed by atoms with E-state index in [1.54, 1.807) is 28.9 Å². The third kappa shape index (κ3) is 4.21. The Kier molecular flexibility index (Phi) is 6.34. The number of nitrogens with zero attached hydrogens (tertiary/aromatic N) is 3. The van der Waals surface area contributed by atoms with E-state index in [4.69, 9.17) is 4.98 Å². The topological polar surface area (TPSA) is 55.2 Å². The zero-order valence-corrected chi connectivity index (χ0v) is 19.1. The molecule has 164 valence electrons. The molecule has 0 atom stereocenters. The largest absolute Gasteiger partial charge is 0.297 e. The molecule has 5 nitrogen and oxygen atoms in total.